The summed E-state index contributed by atoms with van der Waals surface area (Å²) in [5.74, 6) is -1.74. The number of amides is 1. The van der Waals surface area contributed by atoms with Crippen LogP contribution in [0, 0.1) is 5.92 Å². The molecule has 0 aromatic heterocycles. The van der Waals surface area contributed by atoms with Gasteiger partial charge in [-0.3, -0.25) is 9.59 Å². The number of methoxy groups -OCH3 is 1. The van der Waals surface area contributed by atoms with Crippen molar-refractivity contribution in [3.05, 3.63) is 11.6 Å². The van der Waals surface area contributed by atoms with Gasteiger partial charge in [0, 0.05) is 40.2 Å². The number of hydrogen-bond acceptors (Lipinski definition) is 8. The normalized spacial score (nSPS) is 37.1. The Hall–Kier alpha value is -1.53. The van der Waals surface area contributed by atoms with Gasteiger partial charge in [-0.05, 0) is 40.0 Å². The van der Waals surface area contributed by atoms with Crippen LogP contribution in [-0.2, 0) is 38.6 Å². The number of hydrogen-bond donors (Lipinski definition) is 0. The largest absolute Gasteiger partial charge is 0.459 e. The van der Waals surface area contributed by atoms with E-state index in [1.165, 1.54) is 16.8 Å². The van der Waals surface area contributed by atoms with Gasteiger partial charge in [-0.15, -0.1) is 0 Å². The predicted octanol–water partition coefficient (Wildman–Crippen LogP) is 1.10. The minimum Gasteiger partial charge on any atom is -0.459 e. The Kier molecular flexibility index (Phi) is 7.38. The fourth-order valence-corrected chi connectivity index (χ4v) is 7.06. The smallest absolute Gasteiger partial charge is 0.322 e. The number of ether oxygens (including phenoxy) is 4. The van der Waals surface area contributed by atoms with E-state index >= 15 is 0 Å². The number of piperazine rings is 1. The summed E-state index contributed by atoms with van der Waals surface area (Å²) in [6, 6.07) is 0. The van der Waals surface area contributed by atoms with Crippen LogP contribution in [0.1, 0.15) is 47.0 Å². The van der Waals surface area contributed by atoms with Crippen LogP contribution >= 0.6 is 0 Å². The van der Waals surface area contributed by atoms with E-state index in [4.69, 9.17) is 18.9 Å². The summed E-state index contributed by atoms with van der Waals surface area (Å²) in [5.41, 5.74) is 0.417. The molecule has 1 aliphatic carbocycles. The van der Waals surface area contributed by atoms with Crippen molar-refractivity contribution in [2.45, 2.75) is 76.5 Å². The van der Waals surface area contributed by atoms with Gasteiger partial charge >= 0.3 is 5.97 Å². The lowest BCUT2D eigenvalue weighted by molar-refractivity contribution is -0.169. The molecular weight excluding hydrogens is 476 g/mol. The van der Waals surface area contributed by atoms with Crippen molar-refractivity contribution in [2.24, 2.45) is 5.92 Å². The van der Waals surface area contributed by atoms with Crippen molar-refractivity contribution in [1.82, 2.24) is 9.21 Å². The van der Waals surface area contributed by atoms with Gasteiger partial charge in [0.1, 0.15) is 23.4 Å². The van der Waals surface area contributed by atoms with Gasteiger partial charge in [0.2, 0.25) is 15.9 Å². The molecule has 4 rings (SSSR count). The highest BCUT2D eigenvalue weighted by Crippen LogP contribution is 2.59. The van der Waals surface area contributed by atoms with Gasteiger partial charge in [0.15, 0.2) is 5.75 Å². The van der Waals surface area contributed by atoms with Crippen LogP contribution < -0.4 is 0 Å². The summed E-state index contributed by atoms with van der Waals surface area (Å²) in [4.78, 5) is 25.9. The highest BCUT2D eigenvalue weighted by atomic mass is 32.2. The molecule has 10 nitrogen and oxygen atoms in total. The van der Waals surface area contributed by atoms with Gasteiger partial charge < -0.3 is 23.8 Å². The number of rotatable bonds is 8. The number of carbonyl (C=O) groups excluding carboxylic acids is 2. The minimum absolute atomic E-state index is 0.0321. The van der Waals surface area contributed by atoms with Gasteiger partial charge in [0.05, 0.1) is 18.6 Å². The van der Waals surface area contributed by atoms with Crippen molar-refractivity contribution in [3.8, 4) is 0 Å². The first-order valence-corrected chi connectivity index (χ1v) is 13.9. The molecule has 1 spiro atoms. The molecule has 3 heterocycles. The lowest BCUT2D eigenvalue weighted by Crippen LogP contribution is -2.56. The molecule has 0 aromatic rings. The minimum atomic E-state index is -3.85. The molecule has 0 N–H and O–H groups in total. The van der Waals surface area contributed by atoms with E-state index in [2.05, 4.69) is 26.8 Å². The second-order valence-corrected chi connectivity index (χ2v) is 12.5. The Morgan fingerprint density at radius 2 is 1.80 bits per heavy atom. The zero-order valence-corrected chi connectivity index (χ0v) is 22.1. The first-order valence-electron chi connectivity index (χ1n) is 12.3. The molecule has 11 heteroatoms. The van der Waals surface area contributed by atoms with Gasteiger partial charge in [-0.2, -0.15) is 4.31 Å². The van der Waals surface area contributed by atoms with Crippen LogP contribution in [0.3, 0.4) is 0 Å². The molecule has 3 aliphatic heterocycles. The number of carbonyl (C=O) groups is 2. The lowest BCUT2D eigenvalue weighted by atomic mass is 9.68. The zero-order chi connectivity index (χ0) is 25.6. The van der Waals surface area contributed by atoms with Crippen LogP contribution in [0.15, 0.2) is 11.6 Å². The predicted molar refractivity (Wildman–Crippen MR) is 127 cm³/mol. The number of epoxide rings is 2. The van der Waals surface area contributed by atoms with E-state index in [1.807, 2.05) is 0 Å². The molecule has 198 valence electrons. The van der Waals surface area contributed by atoms with Crippen molar-refractivity contribution in [3.63, 3.8) is 0 Å². The standard InChI is InChI=1S/C24H38N2O8S/c1-16(2)6-7-19-23(4,34-19)22-21(31-5)18(8-9-24(22)15-32-24)33-20(28)14-35(29,30)26-12-10-25(11-13-26)17(3)27/h6,18-19,21-22H,7-15H2,1-5H3/t18-,19-,21-,22-,23-,24+/m1/s1. The van der Waals surface area contributed by atoms with Crippen LogP contribution in [0.25, 0.3) is 0 Å². The Morgan fingerprint density at radius 1 is 1.14 bits per heavy atom. The summed E-state index contributed by atoms with van der Waals surface area (Å²) >= 11 is 0. The Bertz CT molecular complexity index is 966. The summed E-state index contributed by atoms with van der Waals surface area (Å²) in [6.45, 7) is 9.21. The zero-order valence-electron chi connectivity index (χ0n) is 21.3. The number of sulfonamides is 1. The molecule has 4 aliphatic rings. The SMILES string of the molecule is CO[C@@H]1[C@H](OC(=O)CS(=O)(=O)N2CCN(C(C)=O)CC2)CC[C@]2(CO2)[C@H]1[C@]1(C)O[C@@H]1CC=C(C)C. The summed E-state index contributed by atoms with van der Waals surface area (Å²) in [6.07, 6.45) is 3.17. The van der Waals surface area contributed by atoms with Crippen molar-refractivity contribution < 1.29 is 37.0 Å². The van der Waals surface area contributed by atoms with E-state index in [-0.39, 0.29) is 36.6 Å². The first kappa shape index (κ1) is 26.5. The van der Waals surface area contributed by atoms with Crippen LogP contribution in [0.4, 0.5) is 0 Å². The van der Waals surface area contributed by atoms with Crippen molar-refractivity contribution in [1.29, 1.82) is 0 Å². The molecule has 0 unspecified atom stereocenters. The molecule has 4 fully saturated rings. The molecule has 1 amide bonds. The quantitative estimate of drug-likeness (QED) is 0.268. The molecule has 0 radical (unpaired) electrons. The third-order valence-corrected chi connectivity index (χ3v) is 9.65. The number of nitrogens with zero attached hydrogens (tertiary/aromatic N) is 2. The van der Waals surface area contributed by atoms with Crippen molar-refractivity contribution >= 4 is 21.9 Å². The van der Waals surface area contributed by atoms with E-state index < -0.39 is 39.6 Å². The van der Waals surface area contributed by atoms with Crippen molar-refractivity contribution in [2.75, 3.05) is 45.6 Å². The fraction of sp³-hybridized carbons (Fsp3) is 0.833. The molecular formula is C24H38N2O8S. The Labute approximate surface area is 207 Å². The Morgan fingerprint density at radius 3 is 2.34 bits per heavy atom. The van der Waals surface area contributed by atoms with E-state index in [1.54, 1.807) is 12.0 Å². The maximum atomic E-state index is 12.8. The molecule has 0 bridgehead atoms. The lowest BCUT2D eigenvalue weighted by Gasteiger charge is -2.42. The topological polar surface area (TPSA) is 118 Å². The first-order chi connectivity index (χ1) is 16.4. The summed E-state index contributed by atoms with van der Waals surface area (Å²) in [5, 5.41) is 0. The van der Waals surface area contributed by atoms with E-state index in [0.717, 1.165) is 6.42 Å². The molecule has 0 aromatic carbocycles. The maximum absolute atomic E-state index is 12.8. The third kappa shape index (κ3) is 5.44. The second-order valence-electron chi connectivity index (χ2n) is 10.6. The highest BCUT2D eigenvalue weighted by Gasteiger charge is 2.72. The van der Waals surface area contributed by atoms with Crippen LogP contribution in [-0.4, -0.2) is 105 Å². The fourth-order valence-electron chi connectivity index (χ4n) is 5.79. The molecule has 35 heavy (non-hydrogen) atoms. The number of esters is 1. The number of allylic oxidation sites excluding steroid dienone is 1. The molecule has 6 atom stereocenters. The second kappa shape index (κ2) is 9.74. The maximum Gasteiger partial charge on any atom is 0.322 e. The monoisotopic (exact) mass is 514 g/mol. The van der Waals surface area contributed by atoms with Gasteiger partial charge in [0.25, 0.3) is 0 Å². The Balaban J connectivity index is 1.40. The van der Waals surface area contributed by atoms with E-state index in [0.29, 0.717) is 32.5 Å². The third-order valence-electron chi connectivity index (χ3n) is 7.90. The summed E-state index contributed by atoms with van der Waals surface area (Å²) in [7, 11) is -2.26. The average Bonchev–Trinajstić information content (AvgIpc) is 3.70. The average molecular weight is 515 g/mol. The van der Waals surface area contributed by atoms with E-state index in [9.17, 15) is 18.0 Å². The van der Waals surface area contributed by atoms with Gasteiger partial charge in [-0.1, -0.05) is 11.6 Å². The van der Waals surface area contributed by atoms with Crippen LogP contribution in [0.2, 0.25) is 0 Å². The van der Waals surface area contributed by atoms with Crippen LogP contribution in [0.5, 0.6) is 0 Å². The summed E-state index contributed by atoms with van der Waals surface area (Å²) < 4.78 is 50.6. The highest BCUT2D eigenvalue weighted by molar-refractivity contribution is 7.89. The molecule has 1 saturated carbocycles. The molecule has 3 saturated heterocycles. The van der Waals surface area contributed by atoms with Gasteiger partial charge in [-0.25, -0.2) is 8.42 Å².